The van der Waals surface area contributed by atoms with E-state index in [1.54, 1.807) is 6.33 Å². The minimum atomic E-state index is 0.196. The van der Waals surface area contributed by atoms with E-state index in [4.69, 9.17) is 11.6 Å². The van der Waals surface area contributed by atoms with Crippen LogP contribution < -0.4 is 5.32 Å². The van der Waals surface area contributed by atoms with Crippen LogP contribution in [0.5, 0.6) is 0 Å². The molecule has 0 unspecified atom stereocenters. The summed E-state index contributed by atoms with van der Waals surface area (Å²) >= 11 is 5.96. The first-order valence-electron chi connectivity index (χ1n) is 6.91. The maximum atomic E-state index is 5.96. The molecule has 2 aromatic heterocycles. The van der Waals surface area contributed by atoms with Crippen LogP contribution in [0.3, 0.4) is 0 Å². The van der Waals surface area contributed by atoms with E-state index in [-0.39, 0.29) is 5.41 Å². The second kappa shape index (κ2) is 4.70. The molecule has 0 saturated heterocycles. The molecule has 0 bridgehead atoms. The molecule has 0 amide bonds. The van der Waals surface area contributed by atoms with E-state index in [2.05, 4.69) is 37.4 Å². The molecular weight excluding hydrogens is 286 g/mol. The molecule has 0 aliphatic heterocycles. The molecular formula is C15H14ClN5. The Morgan fingerprint density at radius 1 is 1.14 bits per heavy atom. The monoisotopic (exact) mass is 299 g/mol. The van der Waals surface area contributed by atoms with Gasteiger partial charge in [0, 0.05) is 17.0 Å². The normalized spacial score (nSPS) is 16.0. The molecule has 4 rings (SSSR count). The fourth-order valence-corrected chi connectivity index (χ4v) is 2.80. The van der Waals surface area contributed by atoms with Crippen molar-refractivity contribution in [3.63, 3.8) is 0 Å². The van der Waals surface area contributed by atoms with E-state index < -0.39 is 0 Å². The van der Waals surface area contributed by atoms with E-state index in [0.717, 1.165) is 22.9 Å². The molecule has 1 aromatic carbocycles. The van der Waals surface area contributed by atoms with Gasteiger partial charge in [-0.3, -0.25) is 0 Å². The Hall–Kier alpha value is -2.14. The van der Waals surface area contributed by atoms with Crippen molar-refractivity contribution in [2.45, 2.75) is 18.3 Å². The van der Waals surface area contributed by atoms with E-state index in [0.29, 0.717) is 5.65 Å². The van der Waals surface area contributed by atoms with Gasteiger partial charge in [0.15, 0.2) is 11.5 Å². The average molecular weight is 300 g/mol. The highest BCUT2D eigenvalue weighted by Crippen LogP contribution is 2.48. The van der Waals surface area contributed by atoms with Crippen LogP contribution in [-0.4, -0.2) is 26.5 Å². The third-order valence-corrected chi connectivity index (χ3v) is 4.38. The minimum absolute atomic E-state index is 0.196. The number of imidazole rings is 1. The van der Waals surface area contributed by atoms with Crippen molar-refractivity contribution in [2.75, 3.05) is 11.9 Å². The van der Waals surface area contributed by atoms with Gasteiger partial charge in [0.1, 0.15) is 11.8 Å². The van der Waals surface area contributed by atoms with E-state index in [1.807, 2.05) is 12.1 Å². The smallest absolute Gasteiger partial charge is 0.182 e. The highest BCUT2D eigenvalue weighted by atomic mass is 35.5. The van der Waals surface area contributed by atoms with Crippen LogP contribution in [0.2, 0.25) is 5.02 Å². The van der Waals surface area contributed by atoms with Crippen LogP contribution in [0, 0.1) is 0 Å². The molecule has 1 fully saturated rings. The van der Waals surface area contributed by atoms with Gasteiger partial charge in [-0.2, -0.15) is 0 Å². The van der Waals surface area contributed by atoms with Crippen molar-refractivity contribution in [1.29, 1.82) is 0 Å². The maximum Gasteiger partial charge on any atom is 0.182 e. The number of hydrogen-bond donors (Lipinski definition) is 2. The summed E-state index contributed by atoms with van der Waals surface area (Å²) in [4.78, 5) is 15.6. The number of halogens is 1. The summed E-state index contributed by atoms with van der Waals surface area (Å²) < 4.78 is 0. The number of benzene rings is 1. The van der Waals surface area contributed by atoms with Crippen LogP contribution in [0.1, 0.15) is 18.4 Å². The van der Waals surface area contributed by atoms with Gasteiger partial charge < -0.3 is 10.3 Å². The SMILES string of the molecule is Clc1ccc(C2(CNc3ncnc4nc[nH]c34)CC2)cc1. The Morgan fingerprint density at radius 3 is 2.71 bits per heavy atom. The van der Waals surface area contributed by atoms with Gasteiger partial charge in [-0.15, -0.1) is 0 Å². The van der Waals surface area contributed by atoms with Crippen LogP contribution in [0.4, 0.5) is 5.82 Å². The lowest BCUT2D eigenvalue weighted by molar-refractivity contribution is 0.730. The minimum Gasteiger partial charge on any atom is -0.367 e. The summed E-state index contributed by atoms with van der Waals surface area (Å²) in [5, 5.41) is 4.21. The number of anilines is 1. The number of hydrogen-bond acceptors (Lipinski definition) is 4. The van der Waals surface area contributed by atoms with Gasteiger partial charge in [0.2, 0.25) is 0 Å². The van der Waals surface area contributed by atoms with E-state index in [1.165, 1.54) is 24.7 Å². The molecule has 2 N–H and O–H groups in total. The second-order valence-electron chi connectivity index (χ2n) is 5.46. The first-order chi connectivity index (χ1) is 10.3. The Bertz CT molecular complexity index is 776. The molecule has 0 spiro atoms. The summed E-state index contributed by atoms with van der Waals surface area (Å²) in [6.45, 7) is 0.847. The topological polar surface area (TPSA) is 66.5 Å². The standard InChI is InChI=1S/C15H14ClN5/c16-11-3-1-10(2-4-11)15(5-6-15)7-17-13-12-14(19-8-18-12)21-9-20-13/h1-4,8-9H,5-7H2,(H2,17,18,19,20,21). The highest BCUT2D eigenvalue weighted by molar-refractivity contribution is 6.30. The quantitative estimate of drug-likeness (QED) is 0.776. The lowest BCUT2D eigenvalue weighted by Crippen LogP contribution is -2.20. The molecule has 0 atom stereocenters. The maximum absolute atomic E-state index is 5.96. The van der Waals surface area contributed by atoms with Gasteiger partial charge in [0.05, 0.1) is 6.33 Å². The summed E-state index contributed by atoms with van der Waals surface area (Å²) in [6.07, 6.45) is 5.53. The number of aromatic nitrogens is 4. The summed E-state index contributed by atoms with van der Waals surface area (Å²) in [5.74, 6) is 0.803. The number of nitrogens with zero attached hydrogens (tertiary/aromatic N) is 3. The predicted molar refractivity (Wildman–Crippen MR) is 82.5 cm³/mol. The van der Waals surface area contributed by atoms with Crippen LogP contribution >= 0.6 is 11.6 Å². The molecule has 21 heavy (non-hydrogen) atoms. The zero-order valence-corrected chi connectivity index (χ0v) is 12.1. The van der Waals surface area contributed by atoms with Gasteiger partial charge in [-0.25, -0.2) is 15.0 Å². The molecule has 6 heteroatoms. The van der Waals surface area contributed by atoms with Crippen LogP contribution in [-0.2, 0) is 5.41 Å². The van der Waals surface area contributed by atoms with Gasteiger partial charge in [-0.1, -0.05) is 23.7 Å². The Balaban J connectivity index is 1.56. The van der Waals surface area contributed by atoms with Crippen molar-refractivity contribution in [2.24, 2.45) is 0 Å². The summed E-state index contributed by atoms with van der Waals surface area (Å²) in [6, 6.07) is 8.13. The second-order valence-corrected chi connectivity index (χ2v) is 5.90. The summed E-state index contributed by atoms with van der Waals surface area (Å²) in [5.41, 5.74) is 3.06. The number of nitrogens with one attached hydrogen (secondary N) is 2. The third kappa shape index (κ3) is 2.23. The molecule has 1 aliphatic rings. The Kier molecular flexibility index (Phi) is 2.82. The molecule has 3 aromatic rings. The largest absolute Gasteiger partial charge is 0.367 e. The van der Waals surface area contributed by atoms with E-state index in [9.17, 15) is 0 Å². The Labute approximate surface area is 126 Å². The first kappa shape index (κ1) is 12.6. The van der Waals surface area contributed by atoms with Crippen LogP contribution in [0.15, 0.2) is 36.9 Å². The van der Waals surface area contributed by atoms with Crippen molar-refractivity contribution in [3.8, 4) is 0 Å². The van der Waals surface area contributed by atoms with Crippen molar-refractivity contribution in [3.05, 3.63) is 47.5 Å². The van der Waals surface area contributed by atoms with E-state index >= 15 is 0 Å². The fourth-order valence-electron chi connectivity index (χ4n) is 2.67. The van der Waals surface area contributed by atoms with Crippen LogP contribution in [0.25, 0.3) is 11.2 Å². The summed E-state index contributed by atoms with van der Waals surface area (Å²) in [7, 11) is 0. The molecule has 106 valence electrons. The molecule has 1 saturated carbocycles. The number of rotatable bonds is 4. The zero-order chi connectivity index (χ0) is 14.3. The third-order valence-electron chi connectivity index (χ3n) is 4.13. The van der Waals surface area contributed by atoms with Crippen molar-refractivity contribution in [1.82, 2.24) is 19.9 Å². The highest BCUT2D eigenvalue weighted by Gasteiger charge is 2.44. The number of aromatic amines is 1. The van der Waals surface area contributed by atoms with Crippen molar-refractivity contribution < 1.29 is 0 Å². The molecule has 1 aliphatic carbocycles. The zero-order valence-electron chi connectivity index (χ0n) is 11.3. The van der Waals surface area contributed by atoms with Gasteiger partial charge >= 0.3 is 0 Å². The predicted octanol–water partition coefficient (Wildman–Crippen LogP) is 3.15. The number of fused-ring (bicyclic) bond motifs is 1. The molecule has 5 nitrogen and oxygen atoms in total. The molecule has 0 radical (unpaired) electrons. The lowest BCUT2D eigenvalue weighted by Gasteiger charge is -2.17. The number of H-pyrrole nitrogens is 1. The first-order valence-corrected chi connectivity index (χ1v) is 7.29. The lowest BCUT2D eigenvalue weighted by atomic mass is 9.96. The molecule has 2 heterocycles. The van der Waals surface area contributed by atoms with Gasteiger partial charge in [0.25, 0.3) is 0 Å². The fraction of sp³-hybridized carbons (Fsp3) is 0.267. The van der Waals surface area contributed by atoms with Gasteiger partial charge in [-0.05, 0) is 30.5 Å². The average Bonchev–Trinajstić information content (AvgIpc) is 3.14. The van der Waals surface area contributed by atoms with Crippen molar-refractivity contribution >= 4 is 28.6 Å². The Morgan fingerprint density at radius 2 is 1.95 bits per heavy atom.